The van der Waals surface area contributed by atoms with Crippen molar-refractivity contribution in [2.24, 2.45) is 0 Å². The van der Waals surface area contributed by atoms with E-state index in [0.29, 0.717) is 28.8 Å². The minimum absolute atomic E-state index is 0.0263. The molecule has 0 aliphatic carbocycles. The van der Waals surface area contributed by atoms with Gasteiger partial charge in [-0.2, -0.15) is 0 Å². The van der Waals surface area contributed by atoms with Gasteiger partial charge in [0, 0.05) is 18.0 Å². The quantitative estimate of drug-likeness (QED) is 0.836. The molecule has 5 nitrogen and oxygen atoms in total. The highest BCUT2D eigenvalue weighted by atomic mass is 35.5. The number of hydrogen-bond acceptors (Lipinski definition) is 4. The summed E-state index contributed by atoms with van der Waals surface area (Å²) in [5.41, 5.74) is 1.45. The van der Waals surface area contributed by atoms with Crippen LogP contribution in [-0.2, 0) is 16.0 Å². The van der Waals surface area contributed by atoms with E-state index in [1.807, 2.05) is 0 Å². The number of ether oxygens (including phenoxy) is 1. The number of nitrogens with zero attached hydrogens (tertiary/aromatic N) is 2. The van der Waals surface area contributed by atoms with Crippen LogP contribution in [0.2, 0.25) is 10.0 Å². The molecule has 1 unspecified atom stereocenters. The number of carbonyl (C=O) groups excluding carboxylic acids is 1. The molecule has 1 N–H and O–H groups in total. The van der Waals surface area contributed by atoms with E-state index >= 15 is 0 Å². The van der Waals surface area contributed by atoms with Crippen molar-refractivity contribution in [3.63, 3.8) is 0 Å². The van der Waals surface area contributed by atoms with Gasteiger partial charge >= 0.3 is 0 Å². The number of amides is 1. The summed E-state index contributed by atoms with van der Waals surface area (Å²) in [7, 11) is 0. The third-order valence-corrected chi connectivity index (χ3v) is 4.90. The molecule has 1 saturated heterocycles. The van der Waals surface area contributed by atoms with Crippen LogP contribution < -0.4 is 0 Å². The molecule has 1 amide bonds. The molecule has 1 aromatic carbocycles. The third kappa shape index (κ3) is 4.50. The van der Waals surface area contributed by atoms with Crippen LogP contribution in [0.5, 0.6) is 0 Å². The zero-order valence-corrected chi connectivity index (χ0v) is 15.0. The zero-order chi connectivity index (χ0) is 17.8. The monoisotopic (exact) mass is 380 g/mol. The van der Waals surface area contributed by atoms with Crippen molar-refractivity contribution in [2.45, 2.75) is 18.6 Å². The molecule has 0 saturated carbocycles. The van der Waals surface area contributed by atoms with Gasteiger partial charge in [0.2, 0.25) is 5.91 Å². The molecule has 1 aliphatic rings. The van der Waals surface area contributed by atoms with Crippen molar-refractivity contribution in [3.05, 3.63) is 63.9 Å². The lowest BCUT2D eigenvalue weighted by molar-refractivity contribution is -0.146. The smallest absolute Gasteiger partial charge is 0.227 e. The standard InChI is InChI=1S/C18H18Cl2N2O3/c19-15-4-3-12(6-16(15)20)7-18(24)22(14-10-25-11-14)9-17(23)13-2-1-5-21-8-13/h1-6,8,14,17,23H,7,9-11H2. The van der Waals surface area contributed by atoms with E-state index < -0.39 is 6.10 Å². The fourth-order valence-electron chi connectivity index (χ4n) is 2.65. The maximum atomic E-state index is 12.8. The summed E-state index contributed by atoms with van der Waals surface area (Å²) in [5, 5.41) is 11.3. The third-order valence-electron chi connectivity index (χ3n) is 4.16. The lowest BCUT2D eigenvalue weighted by Gasteiger charge is -2.38. The van der Waals surface area contributed by atoms with Crippen molar-refractivity contribution in [1.82, 2.24) is 9.88 Å². The van der Waals surface area contributed by atoms with Gasteiger partial charge in [0.15, 0.2) is 0 Å². The number of aliphatic hydroxyl groups excluding tert-OH is 1. The number of halogens is 2. The summed E-state index contributed by atoms with van der Waals surface area (Å²) in [5.74, 6) is -0.0883. The van der Waals surface area contributed by atoms with E-state index in [9.17, 15) is 9.90 Å². The normalized spacial score (nSPS) is 15.5. The van der Waals surface area contributed by atoms with Crippen LogP contribution in [-0.4, -0.2) is 46.7 Å². The predicted molar refractivity (Wildman–Crippen MR) is 95.7 cm³/mol. The first-order valence-corrected chi connectivity index (χ1v) is 8.69. The molecule has 0 bridgehead atoms. The molecule has 7 heteroatoms. The van der Waals surface area contributed by atoms with Crippen molar-refractivity contribution >= 4 is 29.1 Å². The SMILES string of the molecule is O=C(Cc1ccc(Cl)c(Cl)c1)N(CC(O)c1cccnc1)C1COC1. The van der Waals surface area contributed by atoms with E-state index in [0.717, 1.165) is 5.56 Å². The molecule has 2 aromatic rings. The molecule has 25 heavy (non-hydrogen) atoms. The van der Waals surface area contributed by atoms with Crippen molar-refractivity contribution in [1.29, 1.82) is 0 Å². The lowest BCUT2D eigenvalue weighted by atomic mass is 10.1. The first kappa shape index (κ1) is 18.1. The highest BCUT2D eigenvalue weighted by Gasteiger charge is 2.31. The minimum Gasteiger partial charge on any atom is -0.386 e. The van der Waals surface area contributed by atoms with Crippen LogP contribution in [0.15, 0.2) is 42.7 Å². The van der Waals surface area contributed by atoms with Crippen molar-refractivity contribution in [3.8, 4) is 0 Å². The molecule has 1 fully saturated rings. The average Bonchev–Trinajstić information content (AvgIpc) is 2.56. The van der Waals surface area contributed by atoms with Gasteiger partial charge in [-0.3, -0.25) is 9.78 Å². The highest BCUT2D eigenvalue weighted by Crippen LogP contribution is 2.24. The second kappa shape index (κ2) is 8.15. The Morgan fingerprint density at radius 1 is 1.32 bits per heavy atom. The molecule has 132 valence electrons. The van der Waals surface area contributed by atoms with Crippen LogP contribution in [0.4, 0.5) is 0 Å². The first-order chi connectivity index (χ1) is 12.0. The first-order valence-electron chi connectivity index (χ1n) is 7.93. The van der Waals surface area contributed by atoms with E-state index in [2.05, 4.69) is 4.98 Å². The lowest BCUT2D eigenvalue weighted by Crippen LogP contribution is -2.53. The van der Waals surface area contributed by atoms with Crippen molar-refractivity contribution in [2.75, 3.05) is 19.8 Å². The maximum Gasteiger partial charge on any atom is 0.227 e. The van der Waals surface area contributed by atoms with Crippen molar-refractivity contribution < 1.29 is 14.6 Å². The second-order valence-electron chi connectivity index (χ2n) is 5.96. The number of aromatic nitrogens is 1. The van der Waals surface area contributed by atoms with Gasteiger partial charge in [0.05, 0.1) is 48.4 Å². The van der Waals surface area contributed by atoms with E-state index in [4.69, 9.17) is 27.9 Å². The summed E-state index contributed by atoms with van der Waals surface area (Å²) in [6.07, 6.45) is 2.63. The van der Waals surface area contributed by atoms with Crippen LogP contribution in [0.25, 0.3) is 0 Å². The number of rotatable bonds is 6. The van der Waals surface area contributed by atoms with E-state index in [1.165, 1.54) is 0 Å². The summed E-state index contributed by atoms with van der Waals surface area (Å²) < 4.78 is 5.21. The molecule has 2 heterocycles. The minimum atomic E-state index is -0.799. The highest BCUT2D eigenvalue weighted by molar-refractivity contribution is 6.42. The Bertz CT molecular complexity index is 738. The zero-order valence-electron chi connectivity index (χ0n) is 13.4. The van der Waals surface area contributed by atoms with E-state index in [-0.39, 0.29) is 24.9 Å². The number of pyridine rings is 1. The Kier molecular flexibility index (Phi) is 5.91. The van der Waals surface area contributed by atoms with Crippen LogP contribution in [0, 0.1) is 0 Å². The Hall–Kier alpha value is -1.66. The number of aliphatic hydroxyl groups is 1. The molecule has 0 spiro atoms. The molecule has 3 rings (SSSR count). The Labute approximate surface area is 156 Å². The number of carbonyl (C=O) groups is 1. The van der Waals surface area contributed by atoms with Gasteiger partial charge in [-0.05, 0) is 23.8 Å². The average molecular weight is 381 g/mol. The Morgan fingerprint density at radius 3 is 2.72 bits per heavy atom. The molecule has 0 radical (unpaired) electrons. The summed E-state index contributed by atoms with van der Waals surface area (Å²) >= 11 is 11.9. The number of benzene rings is 1. The summed E-state index contributed by atoms with van der Waals surface area (Å²) in [6, 6.07) is 8.66. The Morgan fingerprint density at radius 2 is 2.12 bits per heavy atom. The van der Waals surface area contributed by atoms with E-state index in [1.54, 1.807) is 47.6 Å². The molecule has 1 aromatic heterocycles. The van der Waals surface area contributed by atoms with Gasteiger partial charge in [-0.25, -0.2) is 0 Å². The van der Waals surface area contributed by atoms with Gasteiger partial charge in [0.1, 0.15) is 0 Å². The van der Waals surface area contributed by atoms with Crippen LogP contribution in [0.1, 0.15) is 17.2 Å². The second-order valence-corrected chi connectivity index (χ2v) is 6.78. The maximum absolute atomic E-state index is 12.8. The topological polar surface area (TPSA) is 62.7 Å². The van der Waals surface area contributed by atoms with Gasteiger partial charge in [0.25, 0.3) is 0 Å². The fourth-order valence-corrected chi connectivity index (χ4v) is 2.97. The molecular weight excluding hydrogens is 363 g/mol. The number of hydrogen-bond donors (Lipinski definition) is 1. The molecule has 1 aliphatic heterocycles. The van der Waals surface area contributed by atoms with Gasteiger partial charge in [-0.15, -0.1) is 0 Å². The fraction of sp³-hybridized carbons (Fsp3) is 0.333. The Balaban J connectivity index is 1.71. The van der Waals surface area contributed by atoms with Gasteiger partial charge < -0.3 is 14.7 Å². The molecule has 1 atom stereocenters. The summed E-state index contributed by atoms with van der Waals surface area (Å²) in [6.45, 7) is 1.15. The van der Waals surface area contributed by atoms with Gasteiger partial charge in [-0.1, -0.05) is 35.3 Å². The summed E-state index contributed by atoms with van der Waals surface area (Å²) in [4.78, 5) is 18.5. The largest absolute Gasteiger partial charge is 0.386 e. The van der Waals surface area contributed by atoms with Crippen LogP contribution in [0.3, 0.4) is 0 Å². The van der Waals surface area contributed by atoms with Crippen LogP contribution >= 0.6 is 23.2 Å². The molecular formula is C18H18Cl2N2O3. The predicted octanol–water partition coefficient (Wildman–Crippen LogP) is 2.89.